The van der Waals surface area contributed by atoms with Gasteiger partial charge in [-0.25, -0.2) is 9.13 Å². The van der Waals surface area contributed by atoms with Gasteiger partial charge in [-0.2, -0.15) is 0 Å². The molecule has 0 aromatic rings. The summed E-state index contributed by atoms with van der Waals surface area (Å²) in [4.78, 5) is 71.9. The average Bonchev–Trinajstić information content (AvgIpc) is 3.41. The third kappa shape index (κ3) is 55.3. The van der Waals surface area contributed by atoms with E-state index in [-0.39, 0.29) is 25.7 Å². The maximum atomic E-state index is 12.9. The molecule has 0 fully saturated rings. The Labute approximate surface area is 486 Å². The Hall–Kier alpha value is -1.94. The number of hydrogen-bond donors (Lipinski definition) is 3. The molecule has 0 heterocycles. The Bertz CT molecular complexity index is 1580. The number of carbonyl (C=O) groups excluding carboxylic acids is 4. The molecule has 5 atom stereocenters. The fraction of sp³-hybridized carbons (Fsp3) is 0.934. The zero-order chi connectivity index (χ0) is 59.4. The summed E-state index contributed by atoms with van der Waals surface area (Å²) in [5.74, 6) is -0.686. The minimum atomic E-state index is -4.94. The predicted octanol–water partition coefficient (Wildman–Crippen LogP) is 16.5. The molecule has 2 unspecified atom stereocenters. The largest absolute Gasteiger partial charge is 0.472 e. The number of phosphoric acid groups is 2. The van der Waals surface area contributed by atoms with Crippen molar-refractivity contribution in [3.05, 3.63) is 0 Å². The molecule has 0 aliphatic heterocycles. The standard InChI is InChI=1S/C61H118O17P2/c1-7-9-11-13-15-16-20-26-33-39-45-60(65)77-56(49-71-58(63)43-37-31-23-14-12-10-8-2)51-75-79(67,68)73-47-55(62)48-74-80(69,70)76-52-57(50-72-59(64)44-38-32-28-22-25-30-36-42-54(5)6)78-61(66)46-40-34-27-21-18-17-19-24-29-35-41-53(3)4/h53-57,62H,7-52H2,1-6H3,(H,67,68)(H,69,70)/t55-,56+,57+/m0/s1. The van der Waals surface area contributed by atoms with Crippen molar-refractivity contribution < 1.29 is 80.2 Å². The van der Waals surface area contributed by atoms with E-state index in [1.54, 1.807) is 0 Å². The van der Waals surface area contributed by atoms with Crippen LogP contribution >= 0.6 is 15.6 Å². The molecule has 0 aliphatic carbocycles. The second kappa shape index (κ2) is 53.8. The maximum absolute atomic E-state index is 12.9. The zero-order valence-corrected chi connectivity index (χ0v) is 53.2. The number of aliphatic hydroxyl groups is 1. The van der Waals surface area contributed by atoms with Gasteiger partial charge in [0.15, 0.2) is 12.2 Å². The molecule has 0 aromatic carbocycles. The quantitative estimate of drug-likeness (QED) is 0.0222. The predicted molar refractivity (Wildman–Crippen MR) is 317 cm³/mol. The lowest BCUT2D eigenvalue weighted by Crippen LogP contribution is -2.30. The van der Waals surface area contributed by atoms with Gasteiger partial charge >= 0.3 is 39.5 Å². The van der Waals surface area contributed by atoms with E-state index in [0.29, 0.717) is 31.6 Å². The van der Waals surface area contributed by atoms with E-state index in [4.69, 9.17) is 37.0 Å². The van der Waals surface area contributed by atoms with Crippen LogP contribution in [0.2, 0.25) is 0 Å². The summed E-state index contributed by atoms with van der Waals surface area (Å²) in [5.41, 5.74) is 0. The number of phosphoric ester groups is 2. The molecule has 3 N–H and O–H groups in total. The van der Waals surface area contributed by atoms with E-state index in [2.05, 4.69) is 41.5 Å². The van der Waals surface area contributed by atoms with Gasteiger partial charge in [-0.05, 0) is 37.5 Å². The summed E-state index contributed by atoms with van der Waals surface area (Å²) >= 11 is 0. The van der Waals surface area contributed by atoms with Crippen molar-refractivity contribution in [3.63, 3.8) is 0 Å². The molecule has 17 nitrogen and oxygen atoms in total. The van der Waals surface area contributed by atoms with Crippen LogP contribution in [0.1, 0.15) is 298 Å². The first kappa shape index (κ1) is 78.1. The highest BCUT2D eigenvalue weighted by Gasteiger charge is 2.30. The Morgan fingerprint density at radius 1 is 0.338 bits per heavy atom. The van der Waals surface area contributed by atoms with E-state index in [1.165, 1.54) is 96.3 Å². The van der Waals surface area contributed by atoms with Gasteiger partial charge in [-0.3, -0.25) is 37.3 Å². The first-order chi connectivity index (χ1) is 38.4. The van der Waals surface area contributed by atoms with Crippen molar-refractivity contribution in [2.75, 3.05) is 39.6 Å². The maximum Gasteiger partial charge on any atom is 0.472 e. The van der Waals surface area contributed by atoms with E-state index in [0.717, 1.165) is 115 Å². The van der Waals surface area contributed by atoms with Gasteiger partial charge in [-0.1, -0.05) is 247 Å². The molecule has 0 spiro atoms. The van der Waals surface area contributed by atoms with Gasteiger partial charge in [0.05, 0.1) is 26.4 Å². The van der Waals surface area contributed by atoms with Crippen molar-refractivity contribution in [3.8, 4) is 0 Å². The third-order valence-electron chi connectivity index (χ3n) is 14.0. The minimum absolute atomic E-state index is 0.105. The van der Waals surface area contributed by atoms with E-state index >= 15 is 0 Å². The molecule has 0 saturated heterocycles. The average molecular weight is 1190 g/mol. The fourth-order valence-corrected chi connectivity index (χ4v) is 10.6. The number of unbranched alkanes of at least 4 members (excludes halogenated alkanes) is 30. The number of carbonyl (C=O) groups is 4. The molecular weight excluding hydrogens is 1070 g/mol. The second-order valence-electron chi connectivity index (χ2n) is 23.0. The summed E-state index contributed by atoms with van der Waals surface area (Å²) in [6, 6.07) is 0. The van der Waals surface area contributed by atoms with Crippen molar-refractivity contribution in [2.45, 2.75) is 317 Å². The molecule has 0 aromatic heterocycles. The van der Waals surface area contributed by atoms with E-state index in [9.17, 15) is 43.2 Å². The van der Waals surface area contributed by atoms with Crippen molar-refractivity contribution in [1.29, 1.82) is 0 Å². The first-order valence-corrected chi connectivity index (χ1v) is 35.0. The van der Waals surface area contributed by atoms with Crippen molar-refractivity contribution in [2.24, 2.45) is 11.8 Å². The van der Waals surface area contributed by atoms with Crippen LogP contribution in [-0.4, -0.2) is 96.7 Å². The highest BCUT2D eigenvalue weighted by molar-refractivity contribution is 7.47. The Morgan fingerprint density at radius 3 is 0.850 bits per heavy atom. The van der Waals surface area contributed by atoms with Gasteiger partial charge in [-0.15, -0.1) is 0 Å². The summed E-state index contributed by atoms with van der Waals surface area (Å²) in [6.07, 6.45) is 35.0. The smallest absolute Gasteiger partial charge is 0.462 e. The van der Waals surface area contributed by atoms with Gasteiger partial charge in [0.25, 0.3) is 0 Å². The van der Waals surface area contributed by atoms with E-state index < -0.39 is 97.5 Å². The Morgan fingerprint density at radius 2 is 0.575 bits per heavy atom. The van der Waals surface area contributed by atoms with Crippen LogP contribution in [0.15, 0.2) is 0 Å². The third-order valence-corrected chi connectivity index (χ3v) is 15.9. The molecule has 80 heavy (non-hydrogen) atoms. The minimum Gasteiger partial charge on any atom is -0.462 e. The Balaban J connectivity index is 5.22. The van der Waals surface area contributed by atoms with Gasteiger partial charge < -0.3 is 33.8 Å². The number of esters is 4. The van der Waals surface area contributed by atoms with Crippen LogP contribution < -0.4 is 0 Å². The van der Waals surface area contributed by atoms with Crippen LogP contribution in [0, 0.1) is 11.8 Å². The molecule has 0 amide bonds. The van der Waals surface area contributed by atoms with Crippen LogP contribution in [0.4, 0.5) is 0 Å². The van der Waals surface area contributed by atoms with Gasteiger partial charge in [0.2, 0.25) is 0 Å². The normalized spacial score (nSPS) is 14.4. The molecule has 474 valence electrons. The topological polar surface area (TPSA) is 237 Å². The molecule has 0 rings (SSSR count). The van der Waals surface area contributed by atoms with Crippen molar-refractivity contribution in [1.82, 2.24) is 0 Å². The van der Waals surface area contributed by atoms with Gasteiger partial charge in [0, 0.05) is 25.7 Å². The SMILES string of the molecule is CCCCCCCCCCCCC(=O)O[C@H](COC(=O)CCCCCCCCC)COP(=O)(O)OC[C@H](O)COP(=O)(O)OC[C@@H](COC(=O)CCCCCCCCCC(C)C)OC(=O)CCCCCCCCCCCCC(C)C. The highest BCUT2D eigenvalue weighted by atomic mass is 31.2. The van der Waals surface area contributed by atoms with Crippen LogP contribution in [0.25, 0.3) is 0 Å². The molecule has 0 radical (unpaired) electrons. The monoisotopic (exact) mass is 1180 g/mol. The number of rotatable bonds is 60. The lowest BCUT2D eigenvalue weighted by atomic mass is 10.0. The van der Waals surface area contributed by atoms with Crippen molar-refractivity contribution >= 4 is 39.5 Å². The van der Waals surface area contributed by atoms with Crippen LogP contribution in [-0.2, 0) is 65.4 Å². The lowest BCUT2D eigenvalue weighted by molar-refractivity contribution is -0.161. The first-order valence-electron chi connectivity index (χ1n) is 32.0. The molecule has 19 heteroatoms. The fourth-order valence-electron chi connectivity index (χ4n) is 9.00. The summed E-state index contributed by atoms with van der Waals surface area (Å²) in [5, 5.41) is 10.5. The number of ether oxygens (including phenoxy) is 4. The Kier molecular flexibility index (Phi) is 52.5. The lowest BCUT2D eigenvalue weighted by Gasteiger charge is -2.21. The van der Waals surface area contributed by atoms with Gasteiger partial charge in [0.1, 0.15) is 19.3 Å². The molecule has 0 saturated carbocycles. The zero-order valence-electron chi connectivity index (χ0n) is 51.4. The number of hydrogen-bond acceptors (Lipinski definition) is 15. The molecule has 0 aliphatic rings. The highest BCUT2D eigenvalue weighted by Crippen LogP contribution is 2.45. The summed E-state index contributed by atoms with van der Waals surface area (Å²) in [6.45, 7) is 9.36. The molecular formula is C61H118O17P2. The van der Waals surface area contributed by atoms with Crippen LogP contribution in [0.5, 0.6) is 0 Å². The molecule has 0 bridgehead atoms. The van der Waals surface area contributed by atoms with Crippen LogP contribution in [0.3, 0.4) is 0 Å². The van der Waals surface area contributed by atoms with E-state index in [1.807, 2.05) is 0 Å². The summed E-state index contributed by atoms with van der Waals surface area (Å²) < 4.78 is 67.8. The second-order valence-corrected chi connectivity index (χ2v) is 25.9. The summed E-state index contributed by atoms with van der Waals surface area (Å²) in [7, 11) is -9.88. The number of aliphatic hydroxyl groups excluding tert-OH is 1.